The van der Waals surface area contributed by atoms with Gasteiger partial charge in [0.1, 0.15) is 0 Å². The summed E-state index contributed by atoms with van der Waals surface area (Å²) in [7, 11) is 2.89. The molecule has 1 fully saturated rings. The molecule has 26 heavy (non-hydrogen) atoms. The predicted molar refractivity (Wildman–Crippen MR) is 99.4 cm³/mol. The number of primary amides is 1. The van der Waals surface area contributed by atoms with E-state index in [0.29, 0.717) is 17.1 Å². The minimum Gasteiger partial charge on any atom is -0.493 e. The number of carbonyl (C=O) groups is 2. The second kappa shape index (κ2) is 10.1. The fourth-order valence-corrected chi connectivity index (χ4v) is 2.79. The van der Waals surface area contributed by atoms with Crippen LogP contribution in [0.2, 0.25) is 0 Å². The SMILES string of the molecule is COc1cc(C(=O)NC2CCCNC2C)cc(OC)c1OCC(N)=O.Cl. The third-order valence-electron chi connectivity index (χ3n) is 4.16. The van der Waals surface area contributed by atoms with Crippen molar-refractivity contribution in [2.24, 2.45) is 5.73 Å². The van der Waals surface area contributed by atoms with Gasteiger partial charge in [0.25, 0.3) is 11.8 Å². The molecule has 2 rings (SSSR count). The van der Waals surface area contributed by atoms with E-state index < -0.39 is 5.91 Å². The molecule has 1 aliphatic rings. The van der Waals surface area contributed by atoms with Gasteiger partial charge in [0, 0.05) is 17.6 Å². The van der Waals surface area contributed by atoms with Gasteiger partial charge in [0.2, 0.25) is 5.75 Å². The first-order valence-electron chi connectivity index (χ1n) is 8.17. The molecule has 2 atom stereocenters. The van der Waals surface area contributed by atoms with Gasteiger partial charge in [-0.25, -0.2) is 0 Å². The average Bonchev–Trinajstić information content (AvgIpc) is 2.60. The Kier molecular flexibility index (Phi) is 8.47. The maximum absolute atomic E-state index is 12.6. The first kappa shape index (κ1) is 21.9. The Balaban J connectivity index is 0.00000338. The van der Waals surface area contributed by atoms with Crippen molar-refractivity contribution in [3.63, 3.8) is 0 Å². The fraction of sp³-hybridized carbons (Fsp3) is 0.529. The van der Waals surface area contributed by atoms with Crippen LogP contribution in [-0.4, -0.2) is 51.3 Å². The lowest BCUT2D eigenvalue weighted by molar-refractivity contribution is -0.120. The zero-order valence-corrected chi connectivity index (χ0v) is 16.0. The van der Waals surface area contributed by atoms with Gasteiger partial charge in [0.05, 0.1) is 14.2 Å². The molecular formula is C17H26ClN3O5. The number of piperidine rings is 1. The lowest BCUT2D eigenvalue weighted by atomic mass is 9.99. The summed E-state index contributed by atoms with van der Waals surface area (Å²) in [6.45, 7) is 2.69. The monoisotopic (exact) mass is 387 g/mol. The maximum atomic E-state index is 12.6. The predicted octanol–water partition coefficient (Wildman–Crippen LogP) is 0.860. The topological polar surface area (TPSA) is 112 Å². The first-order valence-corrected chi connectivity index (χ1v) is 8.17. The maximum Gasteiger partial charge on any atom is 0.255 e. The van der Waals surface area contributed by atoms with Crippen molar-refractivity contribution in [1.29, 1.82) is 0 Å². The van der Waals surface area contributed by atoms with Gasteiger partial charge in [0.15, 0.2) is 18.1 Å². The highest BCUT2D eigenvalue weighted by molar-refractivity contribution is 5.96. The van der Waals surface area contributed by atoms with E-state index in [1.54, 1.807) is 12.1 Å². The summed E-state index contributed by atoms with van der Waals surface area (Å²) in [6, 6.07) is 3.37. The third-order valence-corrected chi connectivity index (χ3v) is 4.16. The van der Waals surface area contributed by atoms with Gasteiger partial charge in [-0.05, 0) is 38.4 Å². The lowest BCUT2D eigenvalue weighted by Crippen LogP contribution is -2.51. The molecule has 0 aliphatic carbocycles. The largest absolute Gasteiger partial charge is 0.493 e. The zero-order chi connectivity index (χ0) is 18.4. The summed E-state index contributed by atoms with van der Waals surface area (Å²) in [4.78, 5) is 23.6. The van der Waals surface area contributed by atoms with Crippen LogP contribution in [0.1, 0.15) is 30.1 Å². The average molecular weight is 388 g/mol. The molecule has 146 valence electrons. The van der Waals surface area contributed by atoms with Crippen molar-refractivity contribution >= 4 is 24.2 Å². The molecule has 0 bridgehead atoms. The number of nitrogens with one attached hydrogen (secondary N) is 2. The van der Waals surface area contributed by atoms with Gasteiger partial charge in [-0.15, -0.1) is 12.4 Å². The molecule has 1 aromatic rings. The zero-order valence-electron chi connectivity index (χ0n) is 15.2. The molecular weight excluding hydrogens is 362 g/mol. The summed E-state index contributed by atoms with van der Waals surface area (Å²) in [5.74, 6) is -0.0301. The number of halogens is 1. The summed E-state index contributed by atoms with van der Waals surface area (Å²) in [5, 5.41) is 6.37. The quantitative estimate of drug-likeness (QED) is 0.639. The van der Waals surface area contributed by atoms with Crippen LogP contribution >= 0.6 is 12.4 Å². The Bertz CT molecular complexity index is 616. The standard InChI is InChI=1S/C17H25N3O5.ClH/c1-10-12(5-4-6-19-10)20-17(22)11-7-13(23-2)16(14(8-11)24-3)25-9-15(18)21;/h7-8,10,12,19H,4-6,9H2,1-3H3,(H2,18,21)(H,20,22);1H. The van der Waals surface area contributed by atoms with E-state index in [0.717, 1.165) is 19.4 Å². The molecule has 9 heteroatoms. The van der Waals surface area contributed by atoms with Crippen molar-refractivity contribution in [3.05, 3.63) is 17.7 Å². The summed E-state index contributed by atoms with van der Waals surface area (Å²) < 4.78 is 15.9. The van der Waals surface area contributed by atoms with Crippen molar-refractivity contribution in [2.45, 2.75) is 31.8 Å². The first-order chi connectivity index (χ1) is 12.0. The molecule has 2 unspecified atom stereocenters. The van der Waals surface area contributed by atoms with Crippen LogP contribution in [0.5, 0.6) is 17.2 Å². The minimum atomic E-state index is -0.621. The lowest BCUT2D eigenvalue weighted by Gasteiger charge is -2.30. The van der Waals surface area contributed by atoms with Crippen LogP contribution in [0.15, 0.2) is 12.1 Å². The molecule has 0 radical (unpaired) electrons. The number of carbonyl (C=O) groups excluding carboxylic acids is 2. The van der Waals surface area contributed by atoms with E-state index >= 15 is 0 Å². The van der Waals surface area contributed by atoms with Crippen molar-refractivity contribution in [1.82, 2.24) is 10.6 Å². The van der Waals surface area contributed by atoms with E-state index in [9.17, 15) is 9.59 Å². The van der Waals surface area contributed by atoms with Gasteiger partial charge >= 0.3 is 0 Å². The van der Waals surface area contributed by atoms with E-state index in [1.165, 1.54) is 14.2 Å². The number of hydrogen-bond acceptors (Lipinski definition) is 6. The summed E-state index contributed by atoms with van der Waals surface area (Å²) >= 11 is 0. The van der Waals surface area contributed by atoms with Gasteiger partial charge in [-0.2, -0.15) is 0 Å². The fourth-order valence-electron chi connectivity index (χ4n) is 2.79. The minimum absolute atomic E-state index is 0. The van der Waals surface area contributed by atoms with E-state index in [4.69, 9.17) is 19.9 Å². The Hall–Kier alpha value is -2.19. The van der Waals surface area contributed by atoms with E-state index in [1.807, 2.05) is 6.92 Å². The second-order valence-electron chi connectivity index (χ2n) is 5.93. The van der Waals surface area contributed by atoms with Crippen LogP contribution < -0.4 is 30.6 Å². The number of nitrogens with two attached hydrogens (primary N) is 1. The Labute approximate surface area is 159 Å². The highest BCUT2D eigenvalue weighted by Crippen LogP contribution is 2.38. The molecule has 8 nitrogen and oxygen atoms in total. The van der Waals surface area contributed by atoms with Crippen LogP contribution in [0.4, 0.5) is 0 Å². The van der Waals surface area contributed by atoms with Gasteiger partial charge in [-0.3, -0.25) is 9.59 Å². The van der Waals surface area contributed by atoms with Gasteiger partial charge < -0.3 is 30.6 Å². The molecule has 4 N–H and O–H groups in total. The van der Waals surface area contributed by atoms with Crippen LogP contribution in [0, 0.1) is 0 Å². The number of amides is 2. The van der Waals surface area contributed by atoms with Crippen molar-refractivity contribution in [3.8, 4) is 17.2 Å². The van der Waals surface area contributed by atoms with E-state index in [2.05, 4.69) is 10.6 Å². The van der Waals surface area contributed by atoms with E-state index in [-0.39, 0.29) is 42.8 Å². The number of hydrogen-bond donors (Lipinski definition) is 3. The van der Waals surface area contributed by atoms with Crippen LogP contribution in [0.25, 0.3) is 0 Å². The van der Waals surface area contributed by atoms with Gasteiger partial charge in [-0.1, -0.05) is 0 Å². The molecule has 1 heterocycles. The van der Waals surface area contributed by atoms with Crippen LogP contribution in [-0.2, 0) is 4.79 Å². The number of benzene rings is 1. The normalized spacial score (nSPS) is 19.0. The highest BCUT2D eigenvalue weighted by Gasteiger charge is 2.24. The molecule has 1 saturated heterocycles. The smallest absolute Gasteiger partial charge is 0.255 e. The molecule has 0 saturated carbocycles. The Morgan fingerprint density at radius 3 is 2.38 bits per heavy atom. The third kappa shape index (κ3) is 5.40. The van der Waals surface area contributed by atoms with Crippen LogP contribution in [0.3, 0.4) is 0 Å². The molecule has 0 aromatic heterocycles. The number of ether oxygens (including phenoxy) is 3. The molecule has 1 aliphatic heterocycles. The summed E-state index contributed by atoms with van der Waals surface area (Å²) in [6.07, 6.45) is 1.94. The van der Waals surface area contributed by atoms with Crippen molar-refractivity contribution in [2.75, 3.05) is 27.4 Å². The Morgan fingerprint density at radius 1 is 1.27 bits per heavy atom. The summed E-state index contributed by atoms with van der Waals surface area (Å²) in [5.41, 5.74) is 5.49. The molecule has 2 amide bonds. The molecule has 0 spiro atoms. The Morgan fingerprint density at radius 2 is 1.88 bits per heavy atom. The highest BCUT2D eigenvalue weighted by atomic mass is 35.5. The number of rotatable bonds is 7. The van der Waals surface area contributed by atoms with Crippen molar-refractivity contribution < 1.29 is 23.8 Å². The second-order valence-corrected chi connectivity index (χ2v) is 5.93. The molecule has 1 aromatic carbocycles. The number of methoxy groups -OCH3 is 2.